The molecule has 88 valence electrons. The standard InChI is InChI=1S/C13H11Cl2NO/c14-8-4-10(15)12-9(6-16-11(12)5-8)13(17)7-2-1-3-7/h4-7,16H,1-3H2. The number of aromatic nitrogens is 1. The third kappa shape index (κ3) is 1.76. The van der Waals surface area contributed by atoms with Crippen molar-refractivity contribution < 1.29 is 4.79 Å². The first kappa shape index (κ1) is 11.1. The van der Waals surface area contributed by atoms with Crippen molar-refractivity contribution in [2.24, 2.45) is 5.92 Å². The topological polar surface area (TPSA) is 32.9 Å². The van der Waals surface area contributed by atoms with Crippen LogP contribution in [-0.4, -0.2) is 10.8 Å². The van der Waals surface area contributed by atoms with Crippen LogP contribution < -0.4 is 0 Å². The van der Waals surface area contributed by atoms with Crippen molar-refractivity contribution in [2.45, 2.75) is 19.3 Å². The van der Waals surface area contributed by atoms with E-state index >= 15 is 0 Å². The number of carbonyl (C=O) groups excluding carboxylic acids is 1. The van der Waals surface area contributed by atoms with Crippen molar-refractivity contribution in [1.29, 1.82) is 0 Å². The van der Waals surface area contributed by atoms with Gasteiger partial charge in [0.15, 0.2) is 5.78 Å². The zero-order chi connectivity index (χ0) is 12.0. The highest BCUT2D eigenvalue weighted by Gasteiger charge is 2.28. The van der Waals surface area contributed by atoms with E-state index in [-0.39, 0.29) is 11.7 Å². The minimum Gasteiger partial charge on any atom is -0.360 e. The summed E-state index contributed by atoms with van der Waals surface area (Å²) in [7, 11) is 0. The summed E-state index contributed by atoms with van der Waals surface area (Å²) in [4.78, 5) is 15.3. The number of Topliss-reactive ketones (excluding diaryl/α,β-unsaturated/α-hetero) is 1. The number of nitrogens with one attached hydrogen (secondary N) is 1. The second-order valence-electron chi connectivity index (χ2n) is 4.50. The first-order valence-electron chi connectivity index (χ1n) is 5.67. The molecular formula is C13H11Cl2NO. The van der Waals surface area contributed by atoms with Crippen molar-refractivity contribution in [3.05, 3.63) is 33.9 Å². The summed E-state index contributed by atoms with van der Waals surface area (Å²) in [5.41, 5.74) is 1.52. The van der Waals surface area contributed by atoms with Gasteiger partial charge in [0.1, 0.15) is 0 Å². The molecule has 0 saturated heterocycles. The lowest BCUT2D eigenvalue weighted by Gasteiger charge is -2.23. The van der Waals surface area contributed by atoms with E-state index < -0.39 is 0 Å². The molecule has 0 radical (unpaired) electrons. The maximum Gasteiger partial charge on any atom is 0.168 e. The number of halogens is 2. The summed E-state index contributed by atoms with van der Waals surface area (Å²) in [6.45, 7) is 0. The predicted octanol–water partition coefficient (Wildman–Crippen LogP) is 4.46. The van der Waals surface area contributed by atoms with Crippen LogP contribution in [0.2, 0.25) is 10.0 Å². The van der Waals surface area contributed by atoms with Gasteiger partial charge in [-0.25, -0.2) is 0 Å². The largest absolute Gasteiger partial charge is 0.360 e. The number of hydrogen-bond donors (Lipinski definition) is 1. The Labute approximate surface area is 109 Å². The summed E-state index contributed by atoms with van der Waals surface area (Å²) in [6, 6.07) is 3.47. The molecule has 1 aromatic carbocycles. The molecule has 1 saturated carbocycles. The van der Waals surface area contributed by atoms with Gasteiger partial charge in [0, 0.05) is 33.6 Å². The number of carbonyl (C=O) groups is 1. The lowest BCUT2D eigenvalue weighted by atomic mass is 9.80. The lowest BCUT2D eigenvalue weighted by molar-refractivity contribution is 0.0857. The molecule has 2 aromatic rings. The van der Waals surface area contributed by atoms with Gasteiger partial charge in [-0.05, 0) is 25.0 Å². The minimum atomic E-state index is 0.181. The van der Waals surface area contributed by atoms with Gasteiger partial charge in [0.2, 0.25) is 0 Å². The van der Waals surface area contributed by atoms with Crippen LogP contribution in [-0.2, 0) is 0 Å². The summed E-state index contributed by atoms with van der Waals surface area (Å²) < 4.78 is 0. The highest BCUT2D eigenvalue weighted by atomic mass is 35.5. The van der Waals surface area contributed by atoms with Crippen LogP contribution in [0.3, 0.4) is 0 Å². The molecule has 2 nitrogen and oxygen atoms in total. The zero-order valence-electron chi connectivity index (χ0n) is 9.09. The minimum absolute atomic E-state index is 0.181. The lowest BCUT2D eigenvalue weighted by Crippen LogP contribution is -2.21. The molecule has 17 heavy (non-hydrogen) atoms. The first-order valence-corrected chi connectivity index (χ1v) is 6.43. The SMILES string of the molecule is O=C(c1c[nH]c2cc(Cl)cc(Cl)c12)C1CCC1. The van der Waals surface area contributed by atoms with Gasteiger partial charge in [-0.15, -0.1) is 0 Å². The number of H-pyrrole nitrogens is 1. The number of hydrogen-bond acceptors (Lipinski definition) is 1. The maximum absolute atomic E-state index is 12.2. The predicted molar refractivity (Wildman–Crippen MR) is 70.0 cm³/mol. The van der Waals surface area contributed by atoms with Crippen molar-refractivity contribution in [3.63, 3.8) is 0 Å². The summed E-state index contributed by atoms with van der Waals surface area (Å²) in [6.07, 6.45) is 4.89. The van der Waals surface area contributed by atoms with E-state index in [1.165, 1.54) is 0 Å². The van der Waals surface area contributed by atoms with Gasteiger partial charge in [-0.3, -0.25) is 4.79 Å². The molecule has 1 fully saturated rings. The Morgan fingerprint density at radius 3 is 2.71 bits per heavy atom. The molecule has 0 unspecified atom stereocenters. The number of benzene rings is 1. The number of fused-ring (bicyclic) bond motifs is 1. The van der Waals surface area contributed by atoms with Crippen LogP contribution in [0.5, 0.6) is 0 Å². The molecule has 0 aliphatic heterocycles. The highest BCUT2D eigenvalue weighted by Crippen LogP contribution is 2.35. The van der Waals surface area contributed by atoms with E-state index in [2.05, 4.69) is 4.98 Å². The third-order valence-electron chi connectivity index (χ3n) is 3.44. The normalized spacial score (nSPS) is 16.1. The van der Waals surface area contributed by atoms with Crippen LogP contribution in [0.15, 0.2) is 18.3 Å². The first-order chi connectivity index (χ1) is 8.16. The van der Waals surface area contributed by atoms with Crippen LogP contribution in [0.4, 0.5) is 0 Å². The molecule has 4 heteroatoms. The molecule has 3 rings (SSSR count). The summed E-state index contributed by atoms with van der Waals surface area (Å²) in [5.74, 6) is 0.382. The molecule has 0 amide bonds. The van der Waals surface area contributed by atoms with E-state index in [1.54, 1.807) is 18.3 Å². The second kappa shape index (κ2) is 4.04. The van der Waals surface area contributed by atoms with Gasteiger partial charge in [-0.2, -0.15) is 0 Å². The zero-order valence-corrected chi connectivity index (χ0v) is 10.6. The molecule has 1 aliphatic carbocycles. The number of ketones is 1. The molecule has 1 N–H and O–H groups in total. The average molecular weight is 268 g/mol. The molecule has 0 bridgehead atoms. The van der Waals surface area contributed by atoms with E-state index in [0.717, 1.165) is 30.2 Å². The van der Waals surface area contributed by atoms with Gasteiger partial charge >= 0.3 is 0 Å². The third-order valence-corrected chi connectivity index (χ3v) is 3.95. The Hall–Kier alpha value is -0.990. The second-order valence-corrected chi connectivity index (χ2v) is 5.35. The van der Waals surface area contributed by atoms with Crippen molar-refractivity contribution in [1.82, 2.24) is 4.98 Å². The Morgan fingerprint density at radius 2 is 2.06 bits per heavy atom. The van der Waals surface area contributed by atoms with Crippen molar-refractivity contribution >= 4 is 39.9 Å². The van der Waals surface area contributed by atoms with E-state index in [0.29, 0.717) is 15.6 Å². The molecule has 0 atom stereocenters. The smallest absolute Gasteiger partial charge is 0.168 e. The fourth-order valence-electron chi connectivity index (χ4n) is 2.27. The van der Waals surface area contributed by atoms with E-state index in [9.17, 15) is 4.79 Å². The van der Waals surface area contributed by atoms with Crippen molar-refractivity contribution in [2.75, 3.05) is 0 Å². The maximum atomic E-state index is 12.2. The van der Waals surface area contributed by atoms with Gasteiger partial charge < -0.3 is 4.98 Å². The fraction of sp³-hybridized carbons (Fsp3) is 0.308. The number of rotatable bonds is 2. The monoisotopic (exact) mass is 267 g/mol. The number of aromatic amines is 1. The van der Waals surface area contributed by atoms with Gasteiger partial charge in [0.25, 0.3) is 0 Å². The Morgan fingerprint density at radius 1 is 1.29 bits per heavy atom. The van der Waals surface area contributed by atoms with Crippen molar-refractivity contribution in [3.8, 4) is 0 Å². The van der Waals surface area contributed by atoms with E-state index in [1.807, 2.05) is 0 Å². The molecule has 0 spiro atoms. The van der Waals surface area contributed by atoms with Crippen LogP contribution >= 0.6 is 23.2 Å². The van der Waals surface area contributed by atoms with Crippen LogP contribution in [0.25, 0.3) is 10.9 Å². The Kier molecular flexibility index (Phi) is 2.64. The Balaban J connectivity index is 2.14. The van der Waals surface area contributed by atoms with Crippen LogP contribution in [0.1, 0.15) is 29.6 Å². The highest BCUT2D eigenvalue weighted by molar-refractivity contribution is 6.39. The quantitative estimate of drug-likeness (QED) is 0.801. The summed E-state index contributed by atoms with van der Waals surface area (Å²) >= 11 is 12.1. The summed E-state index contributed by atoms with van der Waals surface area (Å²) in [5, 5.41) is 1.91. The fourth-order valence-corrected chi connectivity index (χ4v) is 2.86. The molecule has 1 heterocycles. The van der Waals surface area contributed by atoms with Crippen LogP contribution in [0, 0.1) is 5.92 Å². The Bertz CT molecular complexity index is 599. The average Bonchev–Trinajstić information content (AvgIpc) is 2.58. The molecular weight excluding hydrogens is 257 g/mol. The molecule has 1 aliphatic rings. The van der Waals surface area contributed by atoms with Gasteiger partial charge in [-0.1, -0.05) is 29.6 Å². The molecule has 1 aromatic heterocycles. The van der Waals surface area contributed by atoms with Gasteiger partial charge in [0.05, 0.1) is 5.02 Å². The van der Waals surface area contributed by atoms with E-state index in [4.69, 9.17) is 23.2 Å².